The van der Waals surface area contributed by atoms with Crippen LogP contribution in [0.2, 0.25) is 0 Å². The van der Waals surface area contributed by atoms with Crippen molar-refractivity contribution >= 4 is 28.4 Å². The number of nitrogens with zero attached hydrogens (tertiary/aromatic N) is 4. The minimum Gasteiger partial charge on any atom is -0.329 e. The van der Waals surface area contributed by atoms with Crippen molar-refractivity contribution in [3.63, 3.8) is 0 Å². The zero-order valence-corrected chi connectivity index (χ0v) is 51.9. The van der Waals surface area contributed by atoms with Crippen molar-refractivity contribution in [2.45, 2.75) is 111 Å². The zero-order chi connectivity index (χ0) is 60.5. The van der Waals surface area contributed by atoms with Crippen molar-refractivity contribution in [2.24, 2.45) is 5.92 Å². The molecule has 424 valence electrons. The fraction of sp³-hybridized carbons (Fsp3) is 0.220. The van der Waals surface area contributed by atoms with Crippen LogP contribution in [0.25, 0.3) is 49.4 Å². The molecule has 2 atom stereocenters. The van der Waals surface area contributed by atoms with Crippen LogP contribution < -0.4 is 9.80 Å². The molecular weight excluding hydrogens is 1040 g/mol. The van der Waals surface area contributed by atoms with Gasteiger partial charge in [-0.05, 0) is 154 Å². The van der Waals surface area contributed by atoms with Gasteiger partial charge >= 0.3 is 0 Å². The number of hydrogen-bond acceptors (Lipinski definition) is 3. The van der Waals surface area contributed by atoms with Crippen LogP contribution in [0, 0.1) is 23.8 Å². The number of rotatable bonds is 10. The molecule has 0 spiro atoms. The van der Waals surface area contributed by atoms with Crippen molar-refractivity contribution in [1.29, 1.82) is 5.26 Å². The molecule has 8 aromatic rings. The molecule has 8 aromatic carbocycles. The second kappa shape index (κ2) is 21.9. The van der Waals surface area contributed by atoms with Crippen LogP contribution in [0.15, 0.2) is 264 Å². The van der Waals surface area contributed by atoms with E-state index in [-0.39, 0.29) is 33.6 Å². The Bertz CT molecular complexity index is 4370. The molecule has 0 saturated carbocycles. The normalized spacial score (nSPS) is 16.3. The average Bonchev–Trinajstić information content (AvgIpc) is 2.01. The molecule has 0 aliphatic heterocycles. The summed E-state index contributed by atoms with van der Waals surface area (Å²) in [6.07, 6.45) is 18.5. The zero-order valence-electron chi connectivity index (χ0n) is 51.9. The summed E-state index contributed by atoms with van der Waals surface area (Å²) in [5.41, 5.74) is 25.6. The monoisotopic (exact) mass is 1120 g/mol. The number of allylic oxidation sites excluding steroid dienone is 10. The molecule has 12 rings (SSSR count). The molecule has 2 unspecified atom stereocenters. The molecule has 0 radical (unpaired) electrons. The van der Waals surface area contributed by atoms with Crippen LogP contribution in [-0.2, 0) is 21.7 Å². The van der Waals surface area contributed by atoms with Gasteiger partial charge in [-0.15, -0.1) is 0 Å². The first-order chi connectivity index (χ1) is 41.1. The Morgan fingerprint density at radius 2 is 0.930 bits per heavy atom. The third kappa shape index (κ3) is 10.6. The van der Waals surface area contributed by atoms with Crippen LogP contribution in [0.3, 0.4) is 0 Å². The summed E-state index contributed by atoms with van der Waals surface area (Å²) >= 11 is 0. The van der Waals surface area contributed by atoms with Gasteiger partial charge in [0.15, 0.2) is 0 Å². The Balaban J connectivity index is 1.05. The number of nitriles is 1. The second-order valence-electron chi connectivity index (χ2n) is 27.6. The summed E-state index contributed by atoms with van der Waals surface area (Å²) in [4.78, 5) is 9.01. The molecule has 4 nitrogen and oxygen atoms in total. The highest BCUT2D eigenvalue weighted by atomic mass is 15.2. The van der Waals surface area contributed by atoms with Crippen LogP contribution in [0.4, 0.5) is 28.4 Å². The molecule has 4 heteroatoms. The Morgan fingerprint density at radius 1 is 0.442 bits per heavy atom. The van der Waals surface area contributed by atoms with Gasteiger partial charge in [0.05, 0.1) is 35.2 Å². The molecule has 86 heavy (non-hydrogen) atoms. The molecule has 0 N–H and O–H groups in total. The van der Waals surface area contributed by atoms with Crippen LogP contribution in [0.1, 0.15) is 111 Å². The molecule has 4 aliphatic carbocycles. The van der Waals surface area contributed by atoms with Crippen LogP contribution in [-0.4, -0.2) is 6.04 Å². The van der Waals surface area contributed by atoms with Crippen LogP contribution in [0.5, 0.6) is 0 Å². The van der Waals surface area contributed by atoms with Gasteiger partial charge in [0.1, 0.15) is 6.07 Å². The second-order valence-corrected chi connectivity index (χ2v) is 27.6. The fourth-order valence-electron chi connectivity index (χ4n) is 12.8. The molecule has 0 aromatic heterocycles. The van der Waals surface area contributed by atoms with Crippen molar-refractivity contribution in [3.05, 3.63) is 303 Å². The van der Waals surface area contributed by atoms with Gasteiger partial charge in [-0.25, -0.2) is 4.85 Å². The average molecular weight is 1120 g/mol. The molecule has 0 heterocycles. The van der Waals surface area contributed by atoms with Crippen molar-refractivity contribution in [3.8, 4) is 50.6 Å². The van der Waals surface area contributed by atoms with Crippen molar-refractivity contribution in [2.75, 3.05) is 9.80 Å². The first-order valence-corrected chi connectivity index (χ1v) is 30.3. The summed E-state index contributed by atoms with van der Waals surface area (Å²) < 4.78 is 0. The standard InChI is InChI=1S/C82H76N4/c1-79(2,3)62-27-18-23-55(46-62)57-38-44-74(68(50-57)59-25-20-29-64(48-59)81(7,8)9)85(71-32-16-14-22-61(71)52-83)72-42-36-53-35-41-67-73(43-37-54-34-40-66(72)77(53)78(54)67)86(76-33-17-15-31-70(76)84-13)75-45-39-58(56-24-19-28-63(47-56)80(4,5)6)51-69(75)60-26-21-30-65(49-60)82(10,11)12/h14-51,72,78H,1-12H3. The number of para-hydroxylation sites is 3. The minimum absolute atomic E-state index is 0.0218. The number of hydrogen-bond donors (Lipinski definition) is 0. The lowest BCUT2D eigenvalue weighted by atomic mass is 9.67. The SMILES string of the molecule is [C-]#[N+]c1ccccc1N(C1=C2C=CC3=C4C(=CC=C(C=C1)C24)C(N(c1ccccc1C#N)c1ccc(-c2cccc(C(C)(C)C)c2)cc1-c1cccc(C(C)(C)C)c1)C=C3)c1ccc(-c2cccc(C(C)(C)C)c2)cc1-c1cccc(C(C)(C)C)c1. The third-order valence-electron chi connectivity index (χ3n) is 17.7. The van der Waals surface area contributed by atoms with Gasteiger partial charge in [-0.3, -0.25) is 0 Å². The Morgan fingerprint density at radius 3 is 1.48 bits per heavy atom. The molecule has 0 saturated heterocycles. The molecule has 0 amide bonds. The summed E-state index contributed by atoms with van der Waals surface area (Å²) in [7, 11) is 0. The summed E-state index contributed by atoms with van der Waals surface area (Å²) in [6.45, 7) is 35.9. The largest absolute Gasteiger partial charge is 0.329 e. The lowest BCUT2D eigenvalue weighted by molar-refractivity contribution is 0.590. The predicted molar refractivity (Wildman–Crippen MR) is 362 cm³/mol. The Kier molecular flexibility index (Phi) is 14.5. The van der Waals surface area contributed by atoms with Crippen molar-refractivity contribution < 1.29 is 0 Å². The van der Waals surface area contributed by atoms with Gasteiger partial charge in [0.25, 0.3) is 0 Å². The first kappa shape index (κ1) is 57.0. The third-order valence-corrected chi connectivity index (χ3v) is 17.7. The summed E-state index contributed by atoms with van der Waals surface area (Å²) in [6, 6.07) is 68.3. The molecule has 0 fully saturated rings. The smallest absolute Gasteiger partial charge is 0.210 e. The number of benzene rings is 8. The van der Waals surface area contributed by atoms with Gasteiger partial charge < -0.3 is 9.80 Å². The topological polar surface area (TPSA) is 34.6 Å². The van der Waals surface area contributed by atoms with E-state index in [4.69, 9.17) is 6.57 Å². The van der Waals surface area contributed by atoms with Gasteiger partial charge in [0.2, 0.25) is 5.69 Å². The highest BCUT2D eigenvalue weighted by molar-refractivity contribution is 5.94. The highest BCUT2D eigenvalue weighted by Gasteiger charge is 2.41. The Hall–Kier alpha value is -9.48. The number of anilines is 4. The van der Waals surface area contributed by atoms with E-state index < -0.39 is 0 Å². The molecule has 0 bridgehead atoms. The molecular formula is C82H76N4. The van der Waals surface area contributed by atoms with E-state index in [0.29, 0.717) is 11.3 Å². The predicted octanol–water partition coefficient (Wildman–Crippen LogP) is 22.1. The van der Waals surface area contributed by atoms with E-state index in [1.807, 2.05) is 24.3 Å². The van der Waals surface area contributed by atoms with E-state index in [0.717, 1.165) is 84.1 Å². The van der Waals surface area contributed by atoms with E-state index in [1.54, 1.807) is 0 Å². The Labute approximate surface area is 511 Å². The van der Waals surface area contributed by atoms with Gasteiger partial charge in [-0.1, -0.05) is 265 Å². The quantitative estimate of drug-likeness (QED) is 0.128. The molecule has 4 aliphatic rings. The maximum Gasteiger partial charge on any atom is 0.210 e. The summed E-state index contributed by atoms with van der Waals surface area (Å²) in [5.74, 6) is -0.134. The maximum atomic E-state index is 11.1. The van der Waals surface area contributed by atoms with E-state index in [2.05, 4.69) is 310 Å². The fourth-order valence-corrected chi connectivity index (χ4v) is 12.8. The lowest BCUT2D eigenvalue weighted by Gasteiger charge is -2.44. The maximum absolute atomic E-state index is 11.1. The summed E-state index contributed by atoms with van der Waals surface area (Å²) in [5, 5.41) is 11.1. The van der Waals surface area contributed by atoms with Crippen LogP contribution >= 0.6 is 0 Å². The van der Waals surface area contributed by atoms with Gasteiger partial charge in [0, 0.05) is 28.4 Å². The van der Waals surface area contributed by atoms with Crippen molar-refractivity contribution in [1.82, 2.24) is 0 Å². The minimum atomic E-state index is -0.312. The van der Waals surface area contributed by atoms with E-state index >= 15 is 0 Å². The van der Waals surface area contributed by atoms with E-state index in [1.165, 1.54) is 39.0 Å². The first-order valence-electron chi connectivity index (χ1n) is 30.3. The van der Waals surface area contributed by atoms with E-state index in [9.17, 15) is 5.26 Å². The van der Waals surface area contributed by atoms with Gasteiger partial charge in [-0.2, -0.15) is 5.26 Å². The lowest BCUT2D eigenvalue weighted by Crippen LogP contribution is -2.38. The highest BCUT2D eigenvalue weighted by Crippen LogP contribution is 2.54.